The SMILES string of the molecule is COc1ccc(N2C(=O)CC(Nc3ccc(Cc4ccncc4)cc3)C2=O)cc1. The second-order valence-corrected chi connectivity index (χ2v) is 6.90. The molecule has 2 heterocycles. The summed E-state index contributed by atoms with van der Waals surface area (Å²) in [7, 11) is 1.57. The van der Waals surface area contributed by atoms with Gasteiger partial charge in [0, 0.05) is 18.1 Å². The number of imide groups is 1. The first-order chi connectivity index (χ1) is 14.1. The molecule has 1 fully saturated rings. The summed E-state index contributed by atoms with van der Waals surface area (Å²) in [5.74, 6) is 0.211. The van der Waals surface area contributed by atoms with E-state index >= 15 is 0 Å². The van der Waals surface area contributed by atoms with Crippen molar-refractivity contribution in [1.29, 1.82) is 0 Å². The fourth-order valence-electron chi connectivity index (χ4n) is 3.40. The lowest BCUT2D eigenvalue weighted by Gasteiger charge is -2.16. The maximum Gasteiger partial charge on any atom is 0.256 e. The third-order valence-corrected chi connectivity index (χ3v) is 4.93. The van der Waals surface area contributed by atoms with Crippen LogP contribution in [0.3, 0.4) is 0 Å². The molecule has 146 valence electrons. The molecule has 0 radical (unpaired) electrons. The van der Waals surface area contributed by atoms with E-state index in [1.165, 1.54) is 10.5 Å². The molecule has 29 heavy (non-hydrogen) atoms. The molecule has 1 N–H and O–H groups in total. The van der Waals surface area contributed by atoms with Crippen LogP contribution in [0.1, 0.15) is 17.5 Å². The summed E-state index contributed by atoms with van der Waals surface area (Å²) in [6.45, 7) is 0. The van der Waals surface area contributed by atoms with Crippen LogP contribution in [0.2, 0.25) is 0 Å². The topological polar surface area (TPSA) is 71.5 Å². The second-order valence-electron chi connectivity index (χ2n) is 6.90. The normalized spacial score (nSPS) is 16.2. The highest BCUT2D eigenvalue weighted by Gasteiger charge is 2.39. The van der Waals surface area contributed by atoms with Crippen molar-refractivity contribution in [3.8, 4) is 5.75 Å². The zero-order valence-electron chi connectivity index (χ0n) is 16.0. The van der Waals surface area contributed by atoms with Crippen LogP contribution in [0.5, 0.6) is 5.75 Å². The van der Waals surface area contributed by atoms with E-state index < -0.39 is 6.04 Å². The van der Waals surface area contributed by atoms with E-state index in [-0.39, 0.29) is 18.2 Å². The van der Waals surface area contributed by atoms with Crippen LogP contribution in [0.4, 0.5) is 11.4 Å². The molecule has 1 atom stereocenters. The lowest BCUT2D eigenvalue weighted by atomic mass is 10.1. The zero-order chi connectivity index (χ0) is 20.2. The first kappa shape index (κ1) is 18.7. The molecule has 1 aliphatic heterocycles. The van der Waals surface area contributed by atoms with Gasteiger partial charge in [0.15, 0.2) is 0 Å². The molecule has 3 aromatic rings. The average molecular weight is 387 g/mol. The summed E-state index contributed by atoms with van der Waals surface area (Å²) in [5, 5.41) is 3.19. The van der Waals surface area contributed by atoms with Gasteiger partial charge in [0.25, 0.3) is 5.91 Å². The van der Waals surface area contributed by atoms with Gasteiger partial charge >= 0.3 is 0 Å². The first-order valence-corrected chi connectivity index (χ1v) is 9.39. The molecule has 1 aliphatic rings. The fraction of sp³-hybridized carbons (Fsp3) is 0.174. The Balaban J connectivity index is 1.43. The van der Waals surface area contributed by atoms with E-state index in [2.05, 4.69) is 10.3 Å². The quantitative estimate of drug-likeness (QED) is 0.656. The Morgan fingerprint density at radius 1 is 0.966 bits per heavy atom. The molecule has 1 unspecified atom stereocenters. The summed E-state index contributed by atoms with van der Waals surface area (Å²) >= 11 is 0. The summed E-state index contributed by atoms with van der Waals surface area (Å²) in [6.07, 6.45) is 4.50. The number of aromatic nitrogens is 1. The van der Waals surface area contributed by atoms with Crippen LogP contribution >= 0.6 is 0 Å². The van der Waals surface area contributed by atoms with Gasteiger partial charge in [-0.3, -0.25) is 14.6 Å². The van der Waals surface area contributed by atoms with Crippen molar-refractivity contribution in [1.82, 2.24) is 4.98 Å². The summed E-state index contributed by atoms with van der Waals surface area (Å²) in [6, 6.07) is 18.2. The van der Waals surface area contributed by atoms with Crippen molar-refractivity contribution in [2.45, 2.75) is 18.9 Å². The Bertz CT molecular complexity index is 1000. The Labute approximate surface area is 169 Å². The van der Waals surface area contributed by atoms with E-state index in [1.807, 2.05) is 36.4 Å². The molecule has 0 saturated carbocycles. The van der Waals surface area contributed by atoms with Crippen molar-refractivity contribution >= 4 is 23.2 Å². The number of nitrogens with zero attached hydrogens (tertiary/aromatic N) is 2. The maximum atomic E-state index is 12.8. The summed E-state index contributed by atoms with van der Waals surface area (Å²) < 4.78 is 5.13. The number of pyridine rings is 1. The predicted octanol–water partition coefficient (Wildman–Crippen LogP) is 3.43. The smallest absolute Gasteiger partial charge is 0.256 e. The van der Waals surface area contributed by atoms with E-state index in [9.17, 15) is 9.59 Å². The molecule has 2 aromatic carbocycles. The molecular weight excluding hydrogens is 366 g/mol. The van der Waals surface area contributed by atoms with Gasteiger partial charge in [-0.2, -0.15) is 0 Å². The summed E-state index contributed by atoms with van der Waals surface area (Å²) in [4.78, 5) is 30.5. The van der Waals surface area contributed by atoms with Crippen LogP contribution in [0.15, 0.2) is 73.1 Å². The van der Waals surface area contributed by atoms with Gasteiger partial charge in [0.05, 0.1) is 19.2 Å². The van der Waals surface area contributed by atoms with E-state index in [1.54, 1.807) is 43.8 Å². The van der Waals surface area contributed by atoms with Gasteiger partial charge in [-0.05, 0) is 66.1 Å². The van der Waals surface area contributed by atoms with Crippen LogP contribution in [-0.4, -0.2) is 29.9 Å². The van der Waals surface area contributed by atoms with Crippen molar-refractivity contribution in [3.63, 3.8) is 0 Å². The zero-order valence-corrected chi connectivity index (χ0v) is 16.0. The molecular formula is C23H21N3O3. The van der Waals surface area contributed by atoms with Crippen LogP contribution in [-0.2, 0) is 16.0 Å². The lowest BCUT2D eigenvalue weighted by Crippen LogP contribution is -2.34. The first-order valence-electron chi connectivity index (χ1n) is 9.39. The number of methoxy groups -OCH3 is 1. The number of carbonyl (C=O) groups excluding carboxylic acids is 2. The van der Waals surface area contributed by atoms with Gasteiger partial charge in [0.2, 0.25) is 5.91 Å². The number of anilines is 2. The van der Waals surface area contributed by atoms with Gasteiger partial charge in [-0.1, -0.05) is 12.1 Å². The number of nitrogens with one attached hydrogen (secondary N) is 1. The number of benzene rings is 2. The standard InChI is InChI=1S/C23H21N3O3/c1-29-20-8-6-19(7-9-20)26-22(27)15-21(23(26)28)25-18-4-2-16(3-5-18)14-17-10-12-24-13-11-17/h2-13,21,25H,14-15H2,1H3. The van der Waals surface area contributed by atoms with Crippen molar-refractivity contribution < 1.29 is 14.3 Å². The number of hydrogen-bond donors (Lipinski definition) is 1. The number of hydrogen-bond acceptors (Lipinski definition) is 5. The predicted molar refractivity (Wildman–Crippen MR) is 111 cm³/mol. The maximum absolute atomic E-state index is 12.8. The molecule has 1 saturated heterocycles. The molecule has 0 bridgehead atoms. The molecule has 4 rings (SSSR count). The van der Waals surface area contributed by atoms with Crippen molar-refractivity contribution in [2.75, 3.05) is 17.3 Å². The fourth-order valence-corrected chi connectivity index (χ4v) is 3.40. The van der Waals surface area contributed by atoms with Crippen LogP contribution in [0.25, 0.3) is 0 Å². The van der Waals surface area contributed by atoms with Crippen molar-refractivity contribution in [2.24, 2.45) is 0 Å². The number of amides is 2. The minimum atomic E-state index is -0.573. The van der Waals surface area contributed by atoms with Gasteiger partial charge in [-0.25, -0.2) is 4.90 Å². The van der Waals surface area contributed by atoms with Crippen molar-refractivity contribution in [3.05, 3.63) is 84.2 Å². The molecule has 6 heteroatoms. The van der Waals surface area contributed by atoms with Gasteiger partial charge in [-0.15, -0.1) is 0 Å². The largest absolute Gasteiger partial charge is 0.497 e. The molecule has 0 aliphatic carbocycles. The summed E-state index contributed by atoms with van der Waals surface area (Å²) in [5.41, 5.74) is 3.71. The molecule has 6 nitrogen and oxygen atoms in total. The van der Waals surface area contributed by atoms with E-state index in [0.717, 1.165) is 17.7 Å². The Hall–Kier alpha value is -3.67. The van der Waals surface area contributed by atoms with E-state index in [4.69, 9.17) is 4.74 Å². The lowest BCUT2D eigenvalue weighted by molar-refractivity contribution is -0.121. The number of ether oxygens (including phenoxy) is 1. The van der Waals surface area contributed by atoms with Gasteiger partial charge in [0.1, 0.15) is 11.8 Å². The van der Waals surface area contributed by atoms with Gasteiger partial charge < -0.3 is 10.1 Å². The molecule has 1 aromatic heterocycles. The Morgan fingerprint density at radius 2 is 1.62 bits per heavy atom. The third-order valence-electron chi connectivity index (χ3n) is 4.93. The van der Waals surface area contributed by atoms with E-state index in [0.29, 0.717) is 11.4 Å². The number of carbonyl (C=O) groups is 2. The third kappa shape index (κ3) is 4.11. The highest BCUT2D eigenvalue weighted by molar-refractivity contribution is 6.23. The highest BCUT2D eigenvalue weighted by Crippen LogP contribution is 2.27. The minimum absolute atomic E-state index is 0.129. The monoisotopic (exact) mass is 387 g/mol. The Morgan fingerprint density at radius 3 is 2.28 bits per heavy atom. The van der Waals surface area contributed by atoms with Crippen LogP contribution in [0, 0.1) is 0 Å². The molecule has 0 spiro atoms. The van der Waals surface area contributed by atoms with Crippen LogP contribution < -0.4 is 15.0 Å². The number of rotatable bonds is 6. The minimum Gasteiger partial charge on any atom is -0.497 e. The average Bonchev–Trinajstić information content (AvgIpc) is 3.03. The highest BCUT2D eigenvalue weighted by atomic mass is 16.5. The Kier molecular flexibility index (Phi) is 5.24. The second kappa shape index (κ2) is 8.14. The molecule has 2 amide bonds.